The van der Waals surface area contributed by atoms with Gasteiger partial charge >= 0.3 is 12.1 Å². The maximum Gasteiger partial charge on any atom is 0.408 e. The zero-order chi connectivity index (χ0) is 33.0. The zero-order valence-electron chi connectivity index (χ0n) is 25.8. The SMILES string of the molecule is CC(C)[C@H](C(=O)O)N(N)C(=O)[C@@H](C)CC(O)[C@H](Cc1ccccc1)C(=O)[C@H](C)NC(=O)[C@H](C)NC(=O)OCc1ccccc1. The summed E-state index contributed by atoms with van der Waals surface area (Å²) >= 11 is 0. The molecule has 0 saturated carbocycles. The lowest BCUT2D eigenvalue weighted by molar-refractivity contribution is -0.154. The zero-order valence-corrected chi connectivity index (χ0v) is 25.8. The number of amides is 3. The van der Waals surface area contributed by atoms with Crippen LogP contribution in [0, 0.1) is 17.8 Å². The number of carboxylic acids is 1. The molecule has 0 aromatic heterocycles. The summed E-state index contributed by atoms with van der Waals surface area (Å²) in [5, 5.41) is 26.4. The highest BCUT2D eigenvalue weighted by molar-refractivity contribution is 5.93. The number of aliphatic hydroxyl groups excluding tert-OH is 1. The Morgan fingerprint density at radius 3 is 1.91 bits per heavy atom. The number of aliphatic carboxylic acids is 1. The molecular formula is C32H44N4O8. The van der Waals surface area contributed by atoms with Crippen LogP contribution in [0.1, 0.15) is 52.2 Å². The summed E-state index contributed by atoms with van der Waals surface area (Å²) in [5.74, 6) is 0.446. The average molecular weight is 613 g/mol. The maximum atomic E-state index is 13.6. The van der Waals surface area contributed by atoms with Gasteiger partial charge in [0, 0.05) is 11.8 Å². The van der Waals surface area contributed by atoms with Gasteiger partial charge in [-0.2, -0.15) is 0 Å². The van der Waals surface area contributed by atoms with E-state index in [1.54, 1.807) is 62.4 Å². The van der Waals surface area contributed by atoms with Gasteiger partial charge < -0.3 is 25.6 Å². The second-order valence-corrected chi connectivity index (χ2v) is 11.3. The fraction of sp³-hybridized carbons (Fsp3) is 0.469. The Kier molecular flexibility index (Phi) is 14.0. The lowest BCUT2D eigenvalue weighted by atomic mass is 9.83. The van der Waals surface area contributed by atoms with Gasteiger partial charge in [-0.3, -0.25) is 19.4 Å². The molecule has 44 heavy (non-hydrogen) atoms. The van der Waals surface area contributed by atoms with Crippen LogP contribution < -0.4 is 16.5 Å². The molecule has 0 bridgehead atoms. The molecule has 0 radical (unpaired) electrons. The summed E-state index contributed by atoms with van der Waals surface area (Å²) in [7, 11) is 0. The van der Waals surface area contributed by atoms with Gasteiger partial charge in [-0.15, -0.1) is 0 Å². The first-order valence-electron chi connectivity index (χ1n) is 14.6. The number of ether oxygens (including phenoxy) is 1. The molecule has 2 aromatic rings. The van der Waals surface area contributed by atoms with Gasteiger partial charge in [-0.05, 0) is 43.7 Å². The number of carbonyl (C=O) groups is 5. The van der Waals surface area contributed by atoms with Crippen molar-refractivity contribution < 1.29 is 38.9 Å². The van der Waals surface area contributed by atoms with Crippen molar-refractivity contribution in [3.05, 3.63) is 71.8 Å². The molecule has 6 atom stereocenters. The molecule has 0 aliphatic carbocycles. The van der Waals surface area contributed by atoms with Crippen molar-refractivity contribution >= 4 is 29.7 Å². The van der Waals surface area contributed by atoms with Gasteiger partial charge in [0.15, 0.2) is 5.78 Å². The van der Waals surface area contributed by atoms with Gasteiger partial charge in [-0.1, -0.05) is 81.4 Å². The van der Waals surface area contributed by atoms with E-state index < -0.39 is 71.6 Å². The first-order chi connectivity index (χ1) is 20.7. The number of hydrogen-bond acceptors (Lipinski definition) is 8. The molecule has 0 aliphatic rings. The third-order valence-electron chi connectivity index (χ3n) is 7.31. The minimum absolute atomic E-state index is 0.0201. The Morgan fingerprint density at radius 2 is 1.39 bits per heavy atom. The molecule has 0 aliphatic heterocycles. The number of aliphatic hydroxyl groups is 1. The van der Waals surface area contributed by atoms with E-state index in [4.69, 9.17) is 10.6 Å². The van der Waals surface area contributed by atoms with E-state index in [2.05, 4.69) is 10.6 Å². The highest BCUT2D eigenvalue weighted by atomic mass is 16.5. The van der Waals surface area contributed by atoms with Crippen LogP contribution in [0.3, 0.4) is 0 Å². The van der Waals surface area contributed by atoms with Gasteiger partial charge in [0.2, 0.25) is 11.8 Å². The lowest BCUT2D eigenvalue weighted by Gasteiger charge is -2.31. The summed E-state index contributed by atoms with van der Waals surface area (Å²) in [6.07, 6.45) is -2.17. The smallest absolute Gasteiger partial charge is 0.408 e. The summed E-state index contributed by atoms with van der Waals surface area (Å²) < 4.78 is 5.15. The van der Waals surface area contributed by atoms with Crippen LogP contribution in [-0.4, -0.2) is 69.1 Å². The largest absolute Gasteiger partial charge is 0.480 e. The Labute approximate surface area is 257 Å². The fourth-order valence-corrected chi connectivity index (χ4v) is 4.78. The summed E-state index contributed by atoms with van der Waals surface area (Å²) in [4.78, 5) is 63.3. The normalized spacial score (nSPS) is 15.2. The van der Waals surface area contributed by atoms with Crippen molar-refractivity contribution in [2.45, 2.75) is 78.3 Å². The molecular weight excluding hydrogens is 568 g/mol. The molecule has 2 rings (SSSR count). The summed E-state index contributed by atoms with van der Waals surface area (Å²) in [6, 6.07) is 14.7. The molecule has 6 N–H and O–H groups in total. The van der Waals surface area contributed by atoms with Gasteiger partial charge in [0.05, 0.1) is 12.1 Å². The number of ketones is 1. The standard InChI is InChI=1S/C32H44N4O8/c1-19(2)27(31(41)42)36(33)30(40)20(3)16-26(37)25(17-23-12-8-6-9-13-23)28(38)21(4)34-29(39)22(5)35-32(43)44-18-24-14-10-7-11-15-24/h6-15,19-22,25-27,37H,16-18,33H2,1-5H3,(H,34,39)(H,35,43)(H,41,42)/t20-,21-,22-,25-,26?,27+/m0/s1. The minimum atomic E-state index is -1.32. The molecule has 0 spiro atoms. The highest BCUT2D eigenvalue weighted by Gasteiger charge is 2.37. The van der Waals surface area contributed by atoms with E-state index >= 15 is 0 Å². The predicted octanol–water partition coefficient (Wildman–Crippen LogP) is 2.43. The number of alkyl carbamates (subject to hydrolysis) is 1. The second-order valence-electron chi connectivity index (χ2n) is 11.3. The van der Waals surface area contributed by atoms with E-state index in [1.807, 2.05) is 12.1 Å². The highest BCUT2D eigenvalue weighted by Crippen LogP contribution is 2.23. The number of carboxylic acid groups (broad SMARTS) is 1. The number of Topliss-reactive ketones (excluding diaryl/α,β-unsaturated/α-hetero) is 1. The van der Waals surface area contributed by atoms with Gasteiger partial charge in [0.1, 0.15) is 18.7 Å². The number of nitrogens with two attached hydrogens (primary N) is 1. The first-order valence-corrected chi connectivity index (χ1v) is 14.6. The summed E-state index contributed by atoms with van der Waals surface area (Å²) in [6.45, 7) is 7.69. The summed E-state index contributed by atoms with van der Waals surface area (Å²) in [5.41, 5.74) is 1.53. The Hall–Kier alpha value is -4.29. The lowest BCUT2D eigenvalue weighted by Crippen LogP contribution is -2.54. The van der Waals surface area contributed by atoms with E-state index in [9.17, 15) is 34.2 Å². The maximum absolute atomic E-state index is 13.6. The molecule has 12 nitrogen and oxygen atoms in total. The quantitative estimate of drug-likeness (QED) is 0.108. The second kappa shape index (κ2) is 17.1. The minimum Gasteiger partial charge on any atom is -0.480 e. The van der Waals surface area contributed by atoms with Crippen molar-refractivity contribution in [3.63, 3.8) is 0 Å². The Morgan fingerprint density at radius 1 is 0.841 bits per heavy atom. The molecule has 0 heterocycles. The van der Waals surface area contributed by atoms with Crippen LogP contribution in [0.5, 0.6) is 0 Å². The van der Waals surface area contributed by atoms with E-state index in [0.29, 0.717) is 5.01 Å². The first kappa shape index (κ1) is 35.9. The van der Waals surface area contributed by atoms with Crippen molar-refractivity contribution in [2.24, 2.45) is 23.6 Å². The monoisotopic (exact) mass is 612 g/mol. The number of nitrogens with one attached hydrogen (secondary N) is 2. The molecule has 1 unspecified atom stereocenters. The number of carbonyl (C=O) groups excluding carboxylic acids is 4. The number of rotatable bonds is 16. The Balaban J connectivity index is 2.08. The van der Waals surface area contributed by atoms with Crippen molar-refractivity contribution in [1.82, 2.24) is 15.6 Å². The Bertz CT molecular complexity index is 1260. The topological polar surface area (TPSA) is 188 Å². The van der Waals surface area contributed by atoms with Crippen molar-refractivity contribution in [3.8, 4) is 0 Å². The third-order valence-corrected chi connectivity index (χ3v) is 7.31. The van der Waals surface area contributed by atoms with Crippen LogP contribution in [0.25, 0.3) is 0 Å². The average Bonchev–Trinajstić information content (AvgIpc) is 2.98. The number of nitrogens with zero attached hydrogens (tertiary/aromatic N) is 1. The van der Waals surface area contributed by atoms with Crippen LogP contribution in [0.4, 0.5) is 4.79 Å². The molecule has 2 aromatic carbocycles. The molecule has 0 fully saturated rings. The van der Waals surface area contributed by atoms with E-state index in [0.717, 1.165) is 11.1 Å². The number of hydrogen-bond donors (Lipinski definition) is 5. The van der Waals surface area contributed by atoms with E-state index in [1.165, 1.54) is 20.8 Å². The van der Waals surface area contributed by atoms with Crippen molar-refractivity contribution in [1.29, 1.82) is 0 Å². The molecule has 3 amide bonds. The number of benzene rings is 2. The van der Waals surface area contributed by atoms with Gasteiger partial charge in [0.25, 0.3) is 0 Å². The number of hydrazine groups is 1. The fourth-order valence-electron chi connectivity index (χ4n) is 4.78. The molecule has 0 saturated heterocycles. The predicted molar refractivity (Wildman–Crippen MR) is 163 cm³/mol. The van der Waals surface area contributed by atoms with Crippen LogP contribution >= 0.6 is 0 Å². The van der Waals surface area contributed by atoms with E-state index in [-0.39, 0.29) is 19.4 Å². The van der Waals surface area contributed by atoms with Gasteiger partial charge in [-0.25, -0.2) is 15.4 Å². The molecule has 12 heteroatoms. The molecule has 240 valence electrons. The third kappa shape index (κ3) is 10.8. The van der Waals surface area contributed by atoms with Crippen molar-refractivity contribution in [2.75, 3.05) is 0 Å². The van der Waals surface area contributed by atoms with Crippen LogP contribution in [0.2, 0.25) is 0 Å². The van der Waals surface area contributed by atoms with Crippen LogP contribution in [-0.2, 0) is 36.9 Å². The van der Waals surface area contributed by atoms with Crippen LogP contribution in [0.15, 0.2) is 60.7 Å².